The van der Waals surface area contributed by atoms with Gasteiger partial charge in [-0.3, -0.25) is 10.1 Å². The highest BCUT2D eigenvalue weighted by atomic mass is 16.5. The number of carbonyl (C=O) groups excluding carboxylic acids is 2. The Kier molecular flexibility index (Phi) is 5.99. The summed E-state index contributed by atoms with van der Waals surface area (Å²) in [6, 6.07) is 22.6. The average Bonchev–Trinajstić information content (AvgIpc) is 3.47. The van der Waals surface area contributed by atoms with Gasteiger partial charge in [0.2, 0.25) is 0 Å². The number of carbonyl (C=O) groups is 3. The first-order chi connectivity index (χ1) is 17.0. The third kappa shape index (κ3) is 4.37. The summed E-state index contributed by atoms with van der Waals surface area (Å²) >= 11 is 0. The Balaban J connectivity index is 1.24. The van der Waals surface area contributed by atoms with E-state index in [4.69, 9.17) is 4.74 Å². The lowest BCUT2D eigenvalue weighted by molar-refractivity contribution is -0.144. The molecule has 1 saturated carbocycles. The molecule has 2 amide bonds. The van der Waals surface area contributed by atoms with Crippen molar-refractivity contribution in [1.82, 2.24) is 5.32 Å². The van der Waals surface area contributed by atoms with Gasteiger partial charge >= 0.3 is 12.1 Å². The van der Waals surface area contributed by atoms with E-state index in [0.717, 1.165) is 35.1 Å². The van der Waals surface area contributed by atoms with E-state index in [9.17, 15) is 19.5 Å². The molecule has 7 nitrogen and oxygen atoms in total. The standard InChI is InChI=1S/C28H26N2O5/c31-25(30-28(26(32)33)14-5-6-15-28)18-8-7-9-19(16-18)29-27(34)35-17-24-22-12-3-1-10-20(22)21-11-2-4-13-23(21)24/h1-4,7-13,16,24H,5-6,14-15,17H2,(H,29,34)(H,30,31)(H,32,33). The molecule has 0 bridgehead atoms. The lowest BCUT2D eigenvalue weighted by Gasteiger charge is -2.25. The van der Waals surface area contributed by atoms with Gasteiger partial charge < -0.3 is 15.2 Å². The summed E-state index contributed by atoms with van der Waals surface area (Å²) in [6.45, 7) is 0.182. The first-order valence-corrected chi connectivity index (χ1v) is 11.7. The molecule has 0 atom stereocenters. The Labute approximate surface area is 203 Å². The smallest absolute Gasteiger partial charge is 0.411 e. The normalized spacial score (nSPS) is 15.7. The van der Waals surface area contributed by atoms with Crippen LogP contribution < -0.4 is 10.6 Å². The number of carboxylic acid groups (broad SMARTS) is 1. The van der Waals surface area contributed by atoms with E-state index in [1.165, 1.54) is 6.07 Å². The number of benzene rings is 3. The van der Waals surface area contributed by atoms with E-state index in [-0.39, 0.29) is 18.1 Å². The van der Waals surface area contributed by atoms with Crippen LogP contribution in [-0.2, 0) is 9.53 Å². The Bertz CT molecular complexity index is 1250. The molecule has 0 unspecified atom stereocenters. The maximum absolute atomic E-state index is 12.8. The summed E-state index contributed by atoms with van der Waals surface area (Å²) in [4.78, 5) is 37.1. The topological polar surface area (TPSA) is 105 Å². The van der Waals surface area contributed by atoms with Gasteiger partial charge in [-0.05, 0) is 53.3 Å². The van der Waals surface area contributed by atoms with Crippen molar-refractivity contribution in [2.24, 2.45) is 0 Å². The first kappa shape index (κ1) is 22.7. The van der Waals surface area contributed by atoms with Crippen LogP contribution in [0, 0.1) is 0 Å². The van der Waals surface area contributed by atoms with E-state index in [1.54, 1.807) is 18.2 Å². The molecule has 2 aliphatic carbocycles. The van der Waals surface area contributed by atoms with Crippen LogP contribution >= 0.6 is 0 Å². The third-order valence-electron chi connectivity index (χ3n) is 6.93. The molecule has 0 saturated heterocycles. The van der Waals surface area contributed by atoms with Gasteiger partial charge in [-0.2, -0.15) is 0 Å². The highest BCUT2D eigenvalue weighted by molar-refractivity contribution is 5.99. The minimum Gasteiger partial charge on any atom is -0.480 e. The minimum atomic E-state index is -1.23. The van der Waals surface area contributed by atoms with Gasteiger partial charge in [-0.15, -0.1) is 0 Å². The van der Waals surface area contributed by atoms with Crippen LogP contribution in [-0.4, -0.2) is 35.2 Å². The number of fused-ring (bicyclic) bond motifs is 3. The molecule has 0 radical (unpaired) electrons. The minimum absolute atomic E-state index is 0.0520. The van der Waals surface area contributed by atoms with Crippen molar-refractivity contribution in [3.05, 3.63) is 89.5 Å². The zero-order valence-electron chi connectivity index (χ0n) is 19.1. The van der Waals surface area contributed by atoms with Crippen molar-refractivity contribution in [3.8, 4) is 11.1 Å². The van der Waals surface area contributed by atoms with Crippen LogP contribution in [0.4, 0.5) is 10.5 Å². The van der Waals surface area contributed by atoms with Crippen LogP contribution in [0.25, 0.3) is 11.1 Å². The Hall–Kier alpha value is -4.13. The van der Waals surface area contributed by atoms with Crippen LogP contribution in [0.3, 0.4) is 0 Å². The fourth-order valence-electron chi connectivity index (χ4n) is 5.15. The summed E-state index contributed by atoms with van der Waals surface area (Å²) in [5.41, 5.74) is 3.99. The molecule has 0 aliphatic heterocycles. The van der Waals surface area contributed by atoms with Crippen LogP contribution in [0.2, 0.25) is 0 Å². The lowest BCUT2D eigenvalue weighted by Crippen LogP contribution is -2.52. The summed E-state index contributed by atoms with van der Waals surface area (Å²) < 4.78 is 5.57. The molecule has 2 aliphatic rings. The quantitative estimate of drug-likeness (QED) is 0.461. The van der Waals surface area contributed by atoms with Crippen LogP contribution in [0.1, 0.15) is 53.1 Å². The number of hydrogen-bond acceptors (Lipinski definition) is 4. The van der Waals surface area contributed by atoms with E-state index >= 15 is 0 Å². The van der Waals surface area contributed by atoms with Crippen molar-refractivity contribution in [2.45, 2.75) is 37.1 Å². The number of aliphatic carboxylic acids is 1. The van der Waals surface area contributed by atoms with Gasteiger partial charge in [-0.1, -0.05) is 67.4 Å². The maximum Gasteiger partial charge on any atom is 0.411 e. The number of anilines is 1. The largest absolute Gasteiger partial charge is 0.480 e. The van der Waals surface area contributed by atoms with E-state index in [2.05, 4.69) is 34.9 Å². The molecular weight excluding hydrogens is 444 g/mol. The zero-order valence-corrected chi connectivity index (χ0v) is 19.1. The summed E-state index contributed by atoms with van der Waals surface area (Å²) in [5.74, 6) is -1.55. The van der Waals surface area contributed by atoms with Crippen molar-refractivity contribution < 1.29 is 24.2 Å². The monoisotopic (exact) mass is 470 g/mol. The molecular formula is C28H26N2O5. The highest BCUT2D eigenvalue weighted by Crippen LogP contribution is 2.44. The maximum atomic E-state index is 12.8. The summed E-state index contributed by atoms with van der Waals surface area (Å²) in [5, 5.41) is 15.0. The first-order valence-electron chi connectivity index (χ1n) is 11.7. The number of amides is 2. The Morgan fingerprint density at radius 2 is 1.51 bits per heavy atom. The number of hydrogen-bond donors (Lipinski definition) is 3. The third-order valence-corrected chi connectivity index (χ3v) is 6.93. The number of rotatable bonds is 6. The van der Waals surface area contributed by atoms with Gasteiger partial charge in [0.1, 0.15) is 12.1 Å². The zero-order chi connectivity index (χ0) is 24.4. The predicted molar refractivity (Wildman–Crippen MR) is 131 cm³/mol. The molecule has 0 heterocycles. The molecule has 3 aromatic rings. The molecule has 3 N–H and O–H groups in total. The van der Waals surface area contributed by atoms with Crippen molar-refractivity contribution in [1.29, 1.82) is 0 Å². The van der Waals surface area contributed by atoms with Crippen molar-refractivity contribution in [3.63, 3.8) is 0 Å². The van der Waals surface area contributed by atoms with E-state index in [0.29, 0.717) is 18.5 Å². The van der Waals surface area contributed by atoms with E-state index < -0.39 is 23.5 Å². The molecule has 0 spiro atoms. The van der Waals surface area contributed by atoms with Gasteiger partial charge in [0.15, 0.2) is 0 Å². The van der Waals surface area contributed by atoms with Crippen molar-refractivity contribution in [2.75, 3.05) is 11.9 Å². The second kappa shape index (κ2) is 9.25. The SMILES string of the molecule is O=C(Nc1cccc(C(=O)NC2(C(=O)O)CCCC2)c1)OCC1c2ccccc2-c2ccccc21. The van der Waals surface area contributed by atoms with E-state index in [1.807, 2.05) is 24.3 Å². The highest BCUT2D eigenvalue weighted by Gasteiger charge is 2.42. The molecule has 0 aromatic heterocycles. The lowest BCUT2D eigenvalue weighted by atomic mass is 9.97. The Morgan fingerprint density at radius 1 is 0.886 bits per heavy atom. The Morgan fingerprint density at radius 3 is 2.14 bits per heavy atom. The number of nitrogens with one attached hydrogen (secondary N) is 2. The fraction of sp³-hybridized carbons (Fsp3) is 0.250. The van der Waals surface area contributed by atoms with Crippen molar-refractivity contribution >= 4 is 23.7 Å². The van der Waals surface area contributed by atoms with Crippen LogP contribution in [0.15, 0.2) is 72.8 Å². The number of carboxylic acids is 1. The predicted octanol–water partition coefficient (Wildman–Crippen LogP) is 5.17. The second-order valence-corrected chi connectivity index (χ2v) is 9.08. The molecule has 1 fully saturated rings. The molecule has 178 valence electrons. The van der Waals surface area contributed by atoms with Gasteiger partial charge in [0, 0.05) is 17.2 Å². The summed E-state index contributed by atoms with van der Waals surface area (Å²) in [6.07, 6.45) is 1.71. The van der Waals surface area contributed by atoms with Gasteiger partial charge in [0.25, 0.3) is 5.91 Å². The van der Waals surface area contributed by atoms with Gasteiger partial charge in [0.05, 0.1) is 0 Å². The molecule has 35 heavy (non-hydrogen) atoms. The summed E-state index contributed by atoms with van der Waals surface area (Å²) in [7, 11) is 0. The fourth-order valence-corrected chi connectivity index (χ4v) is 5.15. The molecule has 5 rings (SSSR count). The average molecular weight is 471 g/mol. The molecule has 3 aromatic carbocycles. The van der Waals surface area contributed by atoms with Gasteiger partial charge in [-0.25, -0.2) is 9.59 Å². The van der Waals surface area contributed by atoms with Crippen LogP contribution in [0.5, 0.6) is 0 Å². The second-order valence-electron chi connectivity index (χ2n) is 9.08. The molecule has 7 heteroatoms. The number of ether oxygens (including phenoxy) is 1.